The smallest absolute Gasteiger partial charge is 0.305 e. The van der Waals surface area contributed by atoms with E-state index in [9.17, 15) is 10.1 Å². The highest BCUT2D eigenvalue weighted by Crippen LogP contribution is 2.18. The van der Waals surface area contributed by atoms with Gasteiger partial charge in [0.2, 0.25) is 5.95 Å². The van der Waals surface area contributed by atoms with Crippen LogP contribution in [0.15, 0.2) is 30.7 Å². The van der Waals surface area contributed by atoms with Gasteiger partial charge in [0.1, 0.15) is 18.2 Å². The Morgan fingerprint density at radius 3 is 2.40 bits per heavy atom. The van der Waals surface area contributed by atoms with Gasteiger partial charge in [-0.2, -0.15) is 0 Å². The molecular weight excluding hydrogens is 326 g/mol. The van der Waals surface area contributed by atoms with Gasteiger partial charge in [-0.15, -0.1) is 0 Å². The van der Waals surface area contributed by atoms with Crippen LogP contribution in [0, 0.1) is 10.1 Å². The number of aromatic nitrogens is 3. The molecule has 132 valence electrons. The molecule has 0 saturated carbocycles. The van der Waals surface area contributed by atoms with Crippen molar-refractivity contribution >= 4 is 23.1 Å². The Hall–Kier alpha value is -2.85. The SMILES string of the molecule is O=[N+]([O-])c1cnc(Nc2ccc(N3CCN(CCO)CC3)nc2)nc1. The van der Waals surface area contributed by atoms with Crippen LogP contribution in [0.1, 0.15) is 0 Å². The maximum absolute atomic E-state index is 10.6. The number of hydrogen-bond donors (Lipinski definition) is 2. The van der Waals surface area contributed by atoms with Gasteiger partial charge in [-0.25, -0.2) is 15.0 Å². The molecule has 0 amide bonds. The van der Waals surface area contributed by atoms with Gasteiger partial charge in [-0.05, 0) is 12.1 Å². The van der Waals surface area contributed by atoms with Gasteiger partial charge >= 0.3 is 5.69 Å². The second-order valence-electron chi connectivity index (χ2n) is 5.60. The monoisotopic (exact) mass is 345 g/mol. The molecule has 1 fully saturated rings. The van der Waals surface area contributed by atoms with Crippen LogP contribution in [0.25, 0.3) is 0 Å². The molecule has 2 aromatic rings. The number of aliphatic hydroxyl groups is 1. The van der Waals surface area contributed by atoms with Crippen molar-refractivity contribution in [2.24, 2.45) is 0 Å². The van der Waals surface area contributed by atoms with Crippen molar-refractivity contribution in [3.63, 3.8) is 0 Å². The summed E-state index contributed by atoms with van der Waals surface area (Å²) in [7, 11) is 0. The Balaban J connectivity index is 1.58. The lowest BCUT2D eigenvalue weighted by Crippen LogP contribution is -2.47. The van der Waals surface area contributed by atoms with E-state index in [1.807, 2.05) is 12.1 Å². The first-order chi connectivity index (χ1) is 12.2. The fourth-order valence-corrected chi connectivity index (χ4v) is 2.60. The number of rotatable bonds is 6. The number of nitrogens with zero attached hydrogens (tertiary/aromatic N) is 6. The first-order valence-corrected chi connectivity index (χ1v) is 7.93. The summed E-state index contributed by atoms with van der Waals surface area (Å²) >= 11 is 0. The molecule has 1 aliphatic heterocycles. The van der Waals surface area contributed by atoms with E-state index in [4.69, 9.17) is 5.11 Å². The third-order valence-corrected chi connectivity index (χ3v) is 3.97. The summed E-state index contributed by atoms with van der Waals surface area (Å²) in [5.41, 5.74) is 0.552. The molecule has 2 N–H and O–H groups in total. The van der Waals surface area contributed by atoms with Gasteiger partial charge in [0.15, 0.2) is 0 Å². The zero-order chi connectivity index (χ0) is 17.6. The maximum atomic E-state index is 10.6. The van der Waals surface area contributed by atoms with Crippen LogP contribution in [-0.4, -0.2) is 69.2 Å². The molecule has 0 aliphatic carbocycles. The lowest BCUT2D eigenvalue weighted by Gasteiger charge is -2.35. The maximum Gasteiger partial charge on any atom is 0.305 e. The van der Waals surface area contributed by atoms with Crippen LogP contribution in [0.4, 0.5) is 23.1 Å². The molecule has 2 aromatic heterocycles. The highest BCUT2D eigenvalue weighted by Gasteiger charge is 2.17. The molecule has 10 nitrogen and oxygen atoms in total. The summed E-state index contributed by atoms with van der Waals surface area (Å²) < 4.78 is 0. The predicted octanol–water partition coefficient (Wildman–Crippen LogP) is 0.638. The summed E-state index contributed by atoms with van der Waals surface area (Å²) in [5.74, 6) is 1.16. The topological polar surface area (TPSA) is 121 Å². The Morgan fingerprint density at radius 1 is 1.12 bits per heavy atom. The van der Waals surface area contributed by atoms with Crippen LogP contribution < -0.4 is 10.2 Å². The van der Waals surface area contributed by atoms with E-state index >= 15 is 0 Å². The van der Waals surface area contributed by atoms with Crippen LogP contribution in [0.2, 0.25) is 0 Å². The van der Waals surface area contributed by atoms with Gasteiger partial charge in [-0.1, -0.05) is 0 Å². The summed E-state index contributed by atoms with van der Waals surface area (Å²) in [6.07, 6.45) is 3.99. The molecule has 0 bridgehead atoms. The molecule has 3 rings (SSSR count). The van der Waals surface area contributed by atoms with Crippen molar-refractivity contribution in [2.45, 2.75) is 0 Å². The number of β-amino-alcohol motifs (C(OH)–C–C–N with tert-alkyl or cyclic N) is 1. The summed E-state index contributed by atoms with van der Waals surface area (Å²) in [6, 6.07) is 3.78. The lowest BCUT2D eigenvalue weighted by atomic mass is 10.3. The molecule has 1 aliphatic rings. The molecule has 25 heavy (non-hydrogen) atoms. The number of aliphatic hydroxyl groups excluding tert-OH is 1. The Bertz CT molecular complexity index is 700. The number of nitrogens with one attached hydrogen (secondary N) is 1. The molecule has 3 heterocycles. The second-order valence-corrected chi connectivity index (χ2v) is 5.60. The van der Waals surface area contributed by atoms with Crippen molar-refractivity contribution in [1.82, 2.24) is 19.9 Å². The van der Waals surface area contributed by atoms with Crippen molar-refractivity contribution in [3.8, 4) is 0 Å². The van der Waals surface area contributed by atoms with Crippen LogP contribution >= 0.6 is 0 Å². The van der Waals surface area contributed by atoms with Gasteiger partial charge in [0.05, 0.1) is 23.4 Å². The minimum atomic E-state index is -0.541. The third kappa shape index (κ3) is 4.37. The highest BCUT2D eigenvalue weighted by atomic mass is 16.6. The van der Waals surface area contributed by atoms with Gasteiger partial charge in [0.25, 0.3) is 0 Å². The first-order valence-electron chi connectivity index (χ1n) is 7.93. The van der Waals surface area contributed by atoms with Crippen molar-refractivity contribution < 1.29 is 10.0 Å². The molecule has 0 atom stereocenters. The van der Waals surface area contributed by atoms with E-state index in [-0.39, 0.29) is 18.2 Å². The minimum absolute atomic E-state index is 0.153. The largest absolute Gasteiger partial charge is 0.395 e. The van der Waals surface area contributed by atoms with Gasteiger partial charge in [0, 0.05) is 32.7 Å². The number of piperazine rings is 1. The van der Waals surface area contributed by atoms with E-state index in [1.165, 1.54) is 0 Å². The summed E-state index contributed by atoms with van der Waals surface area (Å²) in [6.45, 7) is 4.43. The van der Waals surface area contributed by atoms with Crippen LogP contribution in [0.5, 0.6) is 0 Å². The zero-order valence-electron chi connectivity index (χ0n) is 13.6. The number of pyridine rings is 1. The fourth-order valence-electron chi connectivity index (χ4n) is 2.60. The Labute approximate surface area is 144 Å². The Kier molecular flexibility index (Phi) is 5.31. The van der Waals surface area contributed by atoms with Crippen molar-refractivity contribution in [3.05, 3.63) is 40.8 Å². The zero-order valence-corrected chi connectivity index (χ0v) is 13.6. The van der Waals surface area contributed by atoms with E-state index in [1.54, 1.807) is 6.20 Å². The highest BCUT2D eigenvalue weighted by molar-refractivity contribution is 5.55. The summed E-state index contributed by atoms with van der Waals surface area (Å²) in [4.78, 5) is 26.7. The fraction of sp³-hybridized carbons (Fsp3) is 0.400. The second kappa shape index (κ2) is 7.81. The molecule has 0 unspecified atom stereocenters. The van der Waals surface area contributed by atoms with Gasteiger partial charge < -0.3 is 15.3 Å². The van der Waals surface area contributed by atoms with E-state index in [0.29, 0.717) is 12.2 Å². The van der Waals surface area contributed by atoms with Crippen molar-refractivity contribution in [1.29, 1.82) is 0 Å². The molecule has 0 radical (unpaired) electrons. The van der Waals surface area contributed by atoms with Crippen LogP contribution in [0.3, 0.4) is 0 Å². The van der Waals surface area contributed by atoms with Crippen LogP contribution in [-0.2, 0) is 0 Å². The quantitative estimate of drug-likeness (QED) is 0.574. The number of hydrogen-bond acceptors (Lipinski definition) is 9. The van der Waals surface area contributed by atoms with E-state index in [2.05, 4.69) is 30.1 Å². The van der Waals surface area contributed by atoms with E-state index in [0.717, 1.165) is 44.4 Å². The number of nitro groups is 1. The first kappa shape index (κ1) is 17.0. The average molecular weight is 345 g/mol. The minimum Gasteiger partial charge on any atom is -0.395 e. The normalized spacial score (nSPS) is 15.2. The molecule has 1 saturated heterocycles. The molecule has 10 heteroatoms. The summed E-state index contributed by atoms with van der Waals surface area (Å²) in [5, 5.41) is 22.5. The molecule has 0 aromatic carbocycles. The Morgan fingerprint density at radius 2 is 1.84 bits per heavy atom. The molecule has 0 spiro atoms. The molecular formula is C15H19N7O3. The van der Waals surface area contributed by atoms with E-state index < -0.39 is 4.92 Å². The predicted molar refractivity (Wildman–Crippen MR) is 91.9 cm³/mol. The lowest BCUT2D eigenvalue weighted by molar-refractivity contribution is -0.385. The standard InChI is InChI=1S/C15H19N7O3/c23-8-7-20-3-5-21(6-4-20)14-2-1-12(9-16-14)19-15-17-10-13(11-18-15)22(24)25/h1-2,9-11,23H,3-8H2,(H,17,18,19). The number of anilines is 3. The van der Waals surface area contributed by atoms with Gasteiger partial charge in [-0.3, -0.25) is 15.0 Å². The average Bonchev–Trinajstić information content (AvgIpc) is 2.64. The van der Waals surface area contributed by atoms with Crippen molar-refractivity contribution in [2.75, 3.05) is 49.5 Å². The third-order valence-electron chi connectivity index (χ3n) is 3.97.